The van der Waals surface area contributed by atoms with Crippen molar-refractivity contribution in [3.63, 3.8) is 0 Å². The molecule has 1 saturated heterocycles. The molecule has 0 atom stereocenters. The number of hydrogen-bond acceptors (Lipinski definition) is 7. The van der Waals surface area contributed by atoms with E-state index in [9.17, 15) is 10.1 Å². The lowest BCUT2D eigenvalue weighted by atomic mass is 10.2. The van der Waals surface area contributed by atoms with Crippen molar-refractivity contribution in [3.05, 3.63) is 39.9 Å². The largest absolute Gasteiger partial charge is 0.378 e. The first-order valence-corrected chi connectivity index (χ1v) is 8.45. The Morgan fingerprint density at radius 1 is 1.20 bits per heavy atom. The van der Waals surface area contributed by atoms with Crippen molar-refractivity contribution in [1.82, 2.24) is 9.97 Å². The van der Waals surface area contributed by atoms with Gasteiger partial charge < -0.3 is 16.0 Å². The molecule has 0 bridgehead atoms. The molecule has 2 aromatic rings. The molecule has 0 amide bonds. The van der Waals surface area contributed by atoms with Gasteiger partial charge in [-0.1, -0.05) is 25.0 Å². The third kappa shape index (κ3) is 3.96. The van der Waals surface area contributed by atoms with Crippen LogP contribution in [0.15, 0.2) is 24.3 Å². The van der Waals surface area contributed by atoms with Crippen LogP contribution in [-0.4, -0.2) is 28.0 Å². The zero-order valence-electron chi connectivity index (χ0n) is 14.2. The highest BCUT2D eigenvalue weighted by molar-refractivity contribution is 5.74. The molecule has 1 aromatic heterocycles. The SMILES string of the molecule is Cc1cccc(Nc2nc(N3CCCCCC3)nc(N)c2[N+](=O)[O-])c1. The molecule has 0 spiro atoms. The van der Waals surface area contributed by atoms with Gasteiger partial charge in [0, 0.05) is 18.8 Å². The van der Waals surface area contributed by atoms with Gasteiger partial charge in [-0.3, -0.25) is 10.1 Å². The minimum atomic E-state index is -0.542. The lowest BCUT2D eigenvalue weighted by Crippen LogP contribution is -2.26. The Bertz CT molecular complexity index is 772. The van der Waals surface area contributed by atoms with Gasteiger partial charge in [0.15, 0.2) is 0 Å². The van der Waals surface area contributed by atoms with Crippen LogP contribution in [0.4, 0.5) is 29.0 Å². The number of nitrogen functional groups attached to an aromatic ring is 1. The monoisotopic (exact) mass is 342 g/mol. The fourth-order valence-corrected chi connectivity index (χ4v) is 3.00. The number of nitro groups is 1. The van der Waals surface area contributed by atoms with Gasteiger partial charge in [0.1, 0.15) is 0 Å². The lowest BCUT2D eigenvalue weighted by Gasteiger charge is -2.21. The highest BCUT2D eigenvalue weighted by Crippen LogP contribution is 2.32. The molecule has 25 heavy (non-hydrogen) atoms. The van der Waals surface area contributed by atoms with Crippen LogP contribution >= 0.6 is 0 Å². The molecule has 3 N–H and O–H groups in total. The van der Waals surface area contributed by atoms with Crippen molar-refractivity contribution < 1.29 is 4.92 Å². The van der Waals surface area contributed by atoms with Crippen molar-refractivity contribution >= 4 is 29.0 Å². The number of rotatable bonds is 4. The summed E-state index contributed by atoms with van der Waals surface area (Å²) in [6.45, 7) is 3.62. The summed E-state index contributed by atoms with van der Waals surface area (Å²) in [5, 5.41) is 14.5. The average Bonchev–Trinajstić information content (AvgIpc) is 2.83. The fourth-order valence-electron chi connectivity index (χ4n) is 3.00. The van der Waals surface area contributed by atoms with Crippen molar-refractivity contribution in [2.24, 2.45) is 0 Å². The van der Waals surface area contributed by atoms with Gasteiger partial charge >= 0.3 is 5.69 Å². The minimum Gasteiger partial charge on any atom is -0.378 e. The number of aryl methyl sites for hydroxylation is 1. The molecule has 0 radical (unpaired) electrons. The standard InChI is InChI=1S/C17H22N6O2/c1-12-7-6-8-13(11-12)19-16-14(23(24)25)15(18)20-17(21-16)22-9-4-2-3-5-10-22/h6-8,11H,2-5,9-10H2,1H3,(H3,18,19,20,21). The summed E-state index contributed by atoms with van der Waals surface area (Å²) < 4.78 is 0. The molecule has 1 aliphatic heterocycles. The van der Waals surface area contributed by atoms with Crippen LogP contribution in [0.5, 0.6) is 0 Å². The second-order valence-electron chi connectivity index (χ2n) is 6.26. The highest BCUT2D eigenvalue weighted by atomic mass is 16.6. The van der Waals surface area contributed by atoms with E-state index in [4.69, 9.17) is 5.73 Å². The number of benzene rings is 1. The summed E-state index contributed by atoms with van der Waals surface area (Å²) in [6, 6.07) is 7.56. The first-order valence-electron chi connectivity index (χ1n) is 8.45. The normalized spacial score (nSPS) is 14.8. The fraction of sp³-hybridized carbons (Fsp3) is 0.412. The van der Waals surface area contributed by atoms with E-state index < -0.39 is 4.92 Å². The topological polar surface area (TPSA) is 110 Å². The molecule has 8 heteroatoms. The van der Waals surface area contributed by atoms with Crippen LogP contribution in [-0.2, 0) is 0 Å². The summed E-state index contributed by atoms with van der Waals surface area (Å²) in [4.78, 5) is 21.6. The van der Waals surface area contributed by atoms with E-state index in [1.807, 2.05) is 31.2 Å². The summed E-state index contributed by atoms with van der Waals surface area (Å²) in [6.07, 6.45) is 4.46. The van der Waals surface area contributed by atoms with Crippen molar-refractivity contribution in [2.75, 3.05) is 29.0 Å². The molecule has 1 aliphatic rings. The molecule has 3 rings (SSSR count). The second kappa shape index (κ2) is 7.33. The van der Waals surface area contributed by atoms with Crippen LogP contribution in [0.1, 0.15) is 31.2 Å². The highest BCUT2D eigenvalue weighted by Gasteiger charge is 2.25. The van der Waals surface area contributed by atoms with E-state index in [2.05, 4.69) is 20.2 Å². The molecule has 132 valence electrons. The Balaban J connectivity index is 1.99. The van der Waals surface area contributed by atoms with E-state index in [1.165, 1.54) is 12.8 Å². The number of nitrogens with one attached hydrogen (secondary N) is 1. The molecule has 8 nitrogen and oxygen atoms in total. The molecular formula is C17H22N6O2. The Labute approximate surface area is 146 Å². The summed E-state index contributed by atoms with van der Waals surface area (Å²) >= 11 is 0. The number of nitrogens with two attached hydrogens (primary N) is 1. The van der Waals surface area contributed by atoms with Gasteiger partial charge in [0.25, 0.3) is 0 Å². The predicted octanol–water partition coefficient (Wildman–Crippen LogP) is 3.40. The van der Waals surface area contributed by atoms with E-state index in [0.717, 1.165) is 37.2 Å². The Morgan fingerprint density at radius 3 is 2.56 bits per heavy atom. The van der Waals surface area contributed by atoms with Gasteiger partial charge in [-0.2, -0.15) is 9.97 Å². The van der Waals surface area contributed by atoms with Crippen molar-refractivity contribution in [1.29, 1.82) is 0 Å². The summed E-state index contributed by atoms with van der Waals surface area (Å²) in [5.74, 6) is 0.455. The molecular weight excluding hydrogens is 320 g/mol. The first kappa shape index (κ1) is 16.9. The first-order chi connectivity index (χ1) is 12.0. The third-order valence-electron chi connectivity index (χ3n) is 4.25. The molecule has 1 fully saturated rings. The Kier molecular flexibility index (Phi) is 4.97. The number of aromatic nitrogens is 2. The second-order valence-corrected chi connectivity index (χ2v) is 6.26. The van der Waals surface area contributed by atoms with Crippen LogP contribution in [0, 0.1) is 17.0 Å². The van der Waals surface area contributed by atoms with Crippen molar-refractivity contribution in [3.8, 4) is 0 Å². The van der Waals surface area contributed by atoms with E-state index in [-0.39, 0.29) is 17.3 Å². The molecule has 0 saturated carbocycles. The van der Waals surface area contributed by atoms with Gasteiger partial charge in [0.05, 0.1) is 4.92 Å². The van der Waals surface area contributed by atoms with E-state index in [1.54, 1.807) is 0 Å². The quantitative estimate of drug-likeness (QED) is 0.647. The van der Waals surface area contributed by atoms with Gasteiger partial charge in [-0.15, -0.1) is 0 Å². The van der Waals surface area contributed by atoms with E-state index >= 15 is 0 Å². The summed E-state index contributed by atoms with van der Waals surface area (Å²) in [7, 11) is 0. The Hall–Kier alpha value is -2.90. The predicted molar refractivity (Wildman–Crippen MR) is 98.2 cm³/mol. The number of anilines is 4. The zero-order chi connectivity index (χ0) is 17.8. The molecule has 0 unspecified atom stereocenters. The average molecular weight is 342 g/mol. The maximum absolute atomic E-state index is 11.4. The van der Waals surface area contributed by atoms with Gasteiger partial charge in [-0.25, -0.2) is 0 Å². The molecule has 0 aliphatic carbocycles. The van der Waals surface area contributed by atoms with Crippen LogP contribution in [0.2, 0.25) is 0 Å². The molecule has 1 aromatic carbocycles. The zero-order valence-corrected chi connectivity index (χ0v) is 14.2. The number of hydrogen-bond donors (Lipinski definition) is 2. The van der Waals surface area contributed by atoms with E-state index in [0.29, 0.717) is 5.95 Å². The van der Waals surface area contributed by atoms with Crippen LogP contribution in [0.3, 0.4) is 0 Å². The lowest BCUT2D eigenvalue weighted by molar-refractivity contribution is -0.383. The van der Waals surface area contributed by atoms with Crippen LogP contribution in [0.25, 0.3) is 0 Å². The maximum Gasteiger partial charge on any atom is 0.353 e. The minimum absolute atomic E-state index is 0.116. The third-order valence-corrected chi connectivity index (χ3v) is 4.25. The molecule has 2 heterocycles. The Morgan fingerprint density at radius 2 is 1.92 bits per heavy atom. The smallest absolute Gasteiger partial charge is 0.353 e. The maximum atomic E-state index is 11.4. The van der Waals surface area contributed by atoms with Gasteiger partial charge in [0.2, 0.25) is 17.6 Å². The number of nitrogens with zero attached hydrogens (tertiary/aromatic N) is 4. The van der Waals surface area contributed by atoms with Gasteiger partial charge in [-0.05, 0) is 37.5 Å². The van der Waals surface area contributed by atoms with Crippen molar-refractivity contribution in [2.45, 2.75) is 32.6 Å². The van der Waals surface area contributed by atoms with Crippen LogP contribution < -0.4 is 16.0 Å². The summed E-state index contributed by atoms with van der Waals surface area (Å²) in [5.41, 5.74) is 7.37.